The van der Waals surface area contributed by atoms with Crippen molar-refractivity contribution in [2.75, 3.05) is 6.54 Å². The predicted octanol–water partition coefficient (Wildman–Crippen LogP) is 7.78. The Bertz CT molecular complexity index is 320. The zero-order valence-electron chi connectivity index (χ0n) is 19.5. The number of aliphatic hydroxyl groups excluding tert-OH is 1. The van der Waals surface area contributed by atoms with Crippen LogP contribution in [0.2, 0.25) is 0 Å². The van der Waals surface area contributed by atoms with Crippen LogP contribution in [0.3, 0.4) is 0 Å². The highest BCUT2D eigenvalue weighted by atomic mass is 16.3. The van der Waals surface area contributed by atoms with Gasteiger partial charge in [-0.2, -0.15) is 0 Å². The summed E-state index contributed by atoms with van der Waals surface area (Å²) in [5.41, 5.74) is 0. The van der Waals surface area contributed by atoms with E-state index in [0.29, 0.717) is 6.04 Å². The first-order chi connectivity index (χ1) is 13.8. The number of unbranched alkanes of at least 4 members (excludes halogenated alkanes) is 14. The van der Waals surface area contributed by atoms with Crippen molar-refractivity contribution in [1.29, 1.82) is 0 Å². The van der Waals surface area contributed by atoms with E-state index in [1.54, 1.807) is 0 Å². The molecule has 2 nitrogen and oxygen atoms in total. The molecule has 0 amide bonds. The lowest BCUT2D eigenvalue weighted by Crippen LogP contribution is -2.44. The molecule has 28 heavy (non-hydrogen) atoms. The zero-order chi connectivity index (χ0) is 20.3. The molecule has 3 unspecified atom stereocenters. The zero-order valence-corrected chi connectivity index (χ0v) is 19.5. The van der Waals surface area contributed by atoms with Gasteiger partial charge < -0.3 is 10.4 Å². The summed E-state index contributed by atoms with van der Waals surface area (Å²) < 4.78 is 0. The van der Waals surface area contributed by atoms with Crippen LogP contribution in [0.1, 0.15) is 142 Å². The molecule has 0 saturated heterocycles. The minimum absolute atomic E-state index is 0.107. The monoisotopic (exact) mass is 395 g/mol. The van der Waals surface area contributed by atoms with Gasteiger partial charge in [-0.15, -0.1) is 0 Å². The summed E-state index contributed by atoms with van der Waals surface area (Å²) >= 11 is 0. The van der Waals surface area contributed by atoms with Gasteiger partial charge in [0.2, 0.25) is 0 Å². The maximum atomic E-state index is 10.3. The Morgan fingerprint density at radius 1 is 0.643 bits per heavy atom. The molecule has 0 spiro atoms. The van der Waals surface area contributed by atoms with Gasteiger partial charge in [0.05, 0.1) is 6.10 Å². The van der Waals surface area contributed by atoms with Crippen molar-refractivity contribution in [2.24, 2.45) is 5.92 Å². The van der Waals surface area contributed by atoms with Crippen molar-refractivity contribution in [3.05, 3.63) is 0 Å². The summed E-state index contributed by atoms with van der Waals surface area (Å²) in [6.07, 6.45) is 27.2. The first-order valence-electron chi connectivity index (χ1n) is 13.2. The molecule has 0 aromatic carbocycles. The van der Waals surface area contributed by atoms with E-state index in [4.69, 9.17) is 0 Å². The molecule has 2 heteroatoms. The van der Waals surface area contributed by atoms with E-state index in [1.165, 1.54) is 122 Å². The Kier molecular flexibility index (Phi) is 17.5. The van der Waals surface area contributed by atoms with Crippen molar-refractivity contribution in [2.45, 2.75) is 154 Å². The minimum Gasteiger partial charge on any atom is -0.392 e. The molecule has 1 rings (SSSR count). The summed E-state index contributed by atoms with van der Waals surface area (Å²) in [6, 6.07) is 0.359. The maximum absolute atomic E-state index is 10.3. The van der Waals surface area contributed by atoms with Crippen LogP contribution < -0.4 is 5.32 Å². The maximum Gasteiger partial charge on any atom is 0.0693 e. The Balaban J connectivity index is 1.93. The number of nitrogens with one attached hydrogen (secondary N) is 1. The molecule has 1 aliphatic rings. The van der Waals surface area contributed by atoms with Crippen LogP contribution in [0.15, 0.2) is 0 Å². The molecule has 0 bridgehead atoms. The summed E-state index contributed by atoms with van der Waals surface area (Å²) in [4.78, 5) is 0. The summed E-state index contributed by atoms with van der Waals surface area (Å²) in [6.45, 7) is 5.65. The fourth-order valence-electron chi connectivity index (χ4n) is 4.84. The average molecular weight is 396 g/mol. The molecule has 0 aliphatic heterocycles. The molecule has 3 atom stereocenters. The van der Waals surface area contributed by atoms with Gasteiger partial charge in [-0.05, 0) is 38.1 Å². The highest BCUT2D eigenvalue weighted by Gasteiger charge is 2.28. The molecular formula is C26H53NO. The first kappa shape index (κ1) is 26.0. The van der Waals surface area contributed by atoms with Gasteiger partial charge in [-0.25, -0.2) is 0 Å². The van der Waals surface area contributed by atoms with E-state index < -0.39 is 0 Å². The van der Waals surface area contributed by atoms with Crippen LogP contribution in [0, 0.1) is 5.92 Å². The van der Waals surface area contributed by atoms with Crippen LogP contribution in [0.5, 0.6) is 0 Å². The molecule has 2 N–H and O–H groups in total. The Labute approximate surface area is 177 Å². The molecule has 1 fully saturated rings. The van der Waals surface area contributed by atoms with Gasteiger partial charge in [0, 0.05) is 6.04 Å². The number of rotatable bonds is 19. The molecule has 0 aromatic heterocycles. The molecule has 1 saturated carbocycles. The van der Waals surface area contributed by atoms with Crippen LogP contribution >= 0.6 is 0 Å². The van der Waals surface area contributed by atoms with Crippen molar-refractivity contribution in [3.8, 4) is 0 Å². The van der Waals surface area contributed by atoms with Crippen LogP contribution in [0.4, 0.5) is 0 Å². The molecule has 1 aliphatic carbocycles. The molecule has 0 aromatic rings. The summed E-state index contributed by atoms with van der Waals surface area (Å²) in [7, 11) is 0. The van der Waals surface area contributed by atoms with Gasteiger partial charge >= 0.3 is 0 Å². The van der Waals surface area contributed by atoms with Gasteiger partial charge in [0.1, 0.15) is 0 Å². The van der Waals surface area contributed by atoms with E-state index in [2.05, 4.69) is 19.2 Å². The molecule has 168 valence electrons. The lowest BCUT2D eigenvalue weighted by Gasteiger charge is -2.34. The van der Waals surface area contributed by atoms with E-state index >= 15 is 0 Å². The fraction of sp³-hybridized carbons (Fsp3) is 1.00. The van der Waals surface area contributed by atoms with E-state index in [9.17, 15) is 5.11 Å². The number of hydrogen-bond donors (Lipinski definition) is 2. The topological polar surface area (TPSA) is 32.3 Å². The smallest absolute Gasteiger partial charge is 0.0693 e. The van der Waals surface area contributed by atoms with Crippen molar-refractivity contribution in [1.82, 2.24) is 5.32 Å². The SMILES string of the molecule is CCCCCCCCCCCCCCC1CCC(O)C(NCCCCCC)C1. The second-order valence-corrected chi connectivity index (χ2v) is 9.55. The second kappa shape index (κ2) is 18.9. The highest BCUT2D eigenvalue weighted by Crippen LogP contribution is 2.29. The Morgan fingerprint density at radius 3 is 1.71 bits per heavy atom. The minimum atomic E-state index is -0.107. The number of hydrogen-bond acceptors (Lipinski definition) is 2. The largest absolute Gasteiger partial charge is 0.392 e. The summed E-state index contributed by atoms with van der Waals surface area (Å²) in [5.74, 6) is 0.847. The predicted molar refractivity (Wildman–Crippen MR) is 125 cm³/mol. The van der Waals surface area contributed by atoms with Crippen LogP contribution in [-0.2, 0) is 0 Å². The Hall–Kier alpha value is -0.0800. The van der Waals surface area contributed by atoms with Crippen molar-refractivity contribution < 1.29 is 5.11 Å². The fourth-order valence-corrected chi connectivity index (χ4v) is 4.84. The average Bonchev–Trinajstić information content (AvgIpc) is 2.70. The van der Waals surface area contributed by atoms with Crippen molar-refractivity contribution >= 4 is 0 Å². The lowest BCUT2D eigenvalue weighted by atomic mass is 9.81. The van der Waals surface area contributed by atoms with Crippen molar-refractivity contribution in [3.63, 3.8) is 0 Å². The first-order valence-corrected chi connectivity index (χ1v) is 13.2. The standard InChI is InChI=1S/C26H53NO/c1-3-5-7-9-10-11-12-13-14-15-16-17-19-24-20-21-26(28)25(23-24)27-22-18-8-6-4-2/h24-28H,3-23H2,1-2H3. The third-order valence-electron chi connectivity index (χ3n) is 6.83. The molecule has 0 radical (unpaired) electrons. The van der Waals surface area contributed by atoms with Crippen LogP contribution in [-0.4, -0.2) is 23.8 Å². The van der Waals surface area contributed by atoms with E-state index in [-0.39, 0.29) is 6.10 Å². The third-order valence-corrected chi connectivity index (χ3v) is 6.83. The lowest BCUT2D eigenvalue weighted by molar-refractivity contribution is 0.0673. The second-order valence-electron chi connectivity index (χ2n) is 9.55. The highest BCUT2D eigenvalue weighted by molar-refractivity contribution is 4.84. The third kappa shape index (κ3) is 14.0. The Morgan fingerprint density at radius 2 is 1.14 bits per heavy atom. The number of aliphatic hydroxyl groups is 1. The van der Waals surface area contributed by atoms with Gasteiger partial charge in [-0.1, -0.05) is 117 Å². The van der Waals surface area contributed by atoms with E-state index in [1.807, 2.05) is 0 Å². The quantitative estimate of drug-likeness (QED) is 0.219. The van der Waals surface area contributed by atoms with Gasteiger partial charge in [-0.3, -0.25) is 0 Å². The summed E-state index contributed by atoms with van der Waals surface area (Å²) in [5, 5.41) is 14.0. The van der Waals surface area contributed by atoms with Gasteiger partial charge in [0.25, 0.3) is 0 Å². The molecule has 0 heterocycles. The molecular weight excluding hydrogens is 342 g/mol. The normalized spacial score (nSPS) is 22.6. The van der Waals surface area contributed by atoms with Crippen LogP contribution in [0.25, 0.3) is 0 Å². The van der Waals surface area contributed by atoms with E-state index in [0.717, 1.165) is 18.9 Å². The van der Waals surface area contributed by atoms with Gasteiger partial charge in [0.15, 0.2) is 0 Å².